The van der Waals surface area contributed by atoms with Crippen LogP contribution in [-0.2, 0) is 9.53 Å². The van der Waals surface area contributed by atoms with Gasteiger partial charge in [-0.25, -0.2) is 14.6 Å². The highest BCUT2D eigenvalue weighted by Gasteiger charge is 2.27. The van der Waals surface area contributed by atoms with Crippen molar-refractivity contribution in [3.63, 3.8) is 0 Å². The highest BCUT2D eigenvalue weighted by molar-refractivity contribution is 7.21. The highest BCUT2D eigenvalue weighted by atomic mass is 35.5. The molecule has 0 saturated heterocycles. The molecule has 0 atom stereocenters. The molecular weight excluding hydrogens is 563 g/mol. The smallest absolute Gasteiger partial charge is 0.363 e. The molecule has 0 amide bonds. The van der Waals surface area contributed by atoms with E-state index in [-0.39, 0.29) is 38.0 Å². The lowest BCUT2D eigenvalue weighted by Gasteiger charge is -2.07. The zero-order valence-corrected chi connectivity index (χ0v) is 21.3. The standard InChI is InChI=1S/C25H11Cl3N2O6S/c26-13-5-7-15(17(27)10-13)23-29-18(24(31)36-23)9-12-3-1-2-4-19(12)35-25(32)22-21(28)16-8-6-14(30(33)34)11-20(16)37-22/h1-11H/b18-9+. The third kappa shape index (κ3) is 4.94. The summed E-state index contributed by atoms with van der Waals surface area (Å²) in [6, 6.07) is 15.3. The first-order chi connectivity index (χ1) is 17.7. The molecule has 184 valence electrons. The number of fused-ring (bicyclic) bond motifs is 1. The molecule has 8 nitrogen and oxygen atoms in total. The number of non-ortho nitro benzene ring substituents is 1. The Bertz CT molecular complexity index is 1700. The SMILES string of the molecule is O=C1OC(c2ccc(Cl)cc2Cl)=N/C1=C/c1ccccc1OC(=O)c1sc2cc([N+](=O)[O-])ccc2c1Cl. The average molecular weight is 574 g/mol. The van der Waals surface area contributed by atoms with Gasteiger partial charge in [-0.3, -0.25) is 10.1 Å². The van der Waals surface area contributed by atoms with Crippen LogP contribution in [0.3, 0.4) is 0 Å². The second kappa shape index (κ2) is 9.95. The molecule has 3 aromatic carbocycles. The van der Waals surface area contributed by atoms with Crippen LogP contribution in [0.25, 0.3) is 16.2 Å². The largest absolute Gasteiger partial charge is 0.422 e. The van der Waals surface area contributed by atoms with E-state index in [0.717, 1.165) is 11.3 Å². The van der Waals surface area contributed by atoms with Crippen molar-refractivity contribution in [2.45, 2.75) is 0 Å². The monoisotopic (exact) mass is 572 g/mol. The molecule has 1 aliphatic rings. The molecule has 37 heavy (non-hydrogen) atoms. The van der Waals surface area contributed by atoms with Crippen LogP contribution in [0.2, 0.25) is 15.1 Å². The number of halogens is 3. The molecule has 12 heteroatoms. The minimum absolute atomic E-state index is 0.0125. The van der Waals surface area contributed by atoms with Crippen LogP contribution in [0.5, 0.6) is 5.75 Å². The topological polar surface area (TPSA) is 108 Å². The first-order valence-electron chi connectivity index (χ1n) is 10.4. The first-order valence-corrected chi connectivity index (χ1v) is 12.3. The van der Waals surface area contributed by atoms with Gasteiger partial charge in [0.25, 0.3) is 5.69 Å². The summed E-state index contributed by atoms with van der Waals surface area (Å²) in [4.78, 5) is 40.3. The van der Waals surface area contributed by atoms with Gasteiger partial charge in [-0.05, 0) is 36.4 Å². The van der Waals surface area contributed by atoms with Crippen molar-refractivity contribution in [1.82, 2.24) is 0 Å². The summed E-state index contributed by atoms with van der Waals surface area (Å²) >= 11 is 19.5. The molecule has 0 radical (unpaired) electrons. The number of nitro groups is 1. The van der Waals surface area contributed by atoms with Gasteiger partial charge in [0.2, 0.25) is 5.90 Å². The quantitative estimate of drug-likeness (QED) is 0.0813. The Hall–Kier alpha value is -3.76. The van der Waals surface area contributed by atoms with E-state index in [0.29, 0.717) is 26.2 Å². The van der Waals surface area contributed by atoms with E-state index in [9.17, 15) is 19.7 Å². The second-order valence-corrected chi connectivity index (χ2v) is 9.84. The highest BCUT2D eigenvalue weighted by Crippen LogP contribution is 2.38. The van der Waals surface area contributed by atoms with Gasteiger partial charge in [0.1, 0.15) is 10.6 Å². The minimum atomic E-state index is -0.758. The molecule has 1 aromatic heterocycles. The summed E-state index contributed by atoms with van der Waals surface area (Å²) in [5, 5.41) is 12.4. The van der Waals surface area contributed by atoms with Crippen molar-refractivity contribution in [2.75, 3.05) is 0 Å². The molecule has 0 aliphatic carbocycles. The first kappa shape index (κ1) is 24.9. The van der Waals surface area contributed by atoms with Crippen molar-refractivity contribution < 1.29 is 24.0 Å². The summed E-state index contributed by atoms with van der Waals surface area (Å²) in [7, 11) is 0. The van der Waals surface area contributed by atoms with E-state index in [1.807, 2.05) is 0 Å². The van der Waals surface area contributed by atoms with Gasteiger partial charge in [-0.2, -0.15) is 0 Å². The van der Waals surface area contributed by atoms with Crippen LogP contribution in [0.1, 0.15) is 20.8 Å². The fourth-order valence-electron chi connectivity index (χ4n) is 3.47. The van der Waals surface area contributed by atoms with Crippen LogP contribution in [0.15, 0.2) is 71.4 Å². The Kier molecular flexibility index (Phi) is 6.70. The van der Waals surface area contributed by atoms with E-state index in [4.69, 9.17) is 44.3 Å². The normalized spacial score (nSPS) is 14.1. The maximum absolute atomic E-state index is 13.0. The van der Waals surface area contributed by atoms with Gasteiger partial charge in [-0.15, -0.1) is 11.3 Å². The Morgan fingerprint density at radius 1 is 1.08 bits per heavy atom. The van der Waals surface area contributed by atoms with E-state index in [1.54, 1.807) is 30.3 Å². The lowest BCUT2D eigenvalue weighted by molar-refractivity contribution is -0.384. The number of nitrogens with zero attached hydrogens (tertiary/aromatic N) is 2. The maximum Gasteiger partial charge on any atom is 0.363 e. The average Bonchev–Trinajstić information content (AvgIpc) is 3.39. The van der Waals surface area contributed by atoms with Crippen molar-refractivity contribution in [3.05, 3.63) is 108 Å². The molecule has 0 bridgehead atoms. The number of rotatable bonds is 5. The summed E-state index contributed by atoms with van der Waals surface area (Å²) in [6.07, 6.45) is 1.41. The van der Waals surface area contributed by atoms with Crippen molar-refractivity contribution in [1.29, 1.82) is 0 Å². The number of cyclic esters (lactones) is 1. The molecule has 5 rings (SSSR count). The number of nitro benzene ring substituents is 1. The number of aliphatic imine (C=N–C) groups is 1. The van der Waals surface area contributed by atoms with Crippen LogP contribution in [-0.4, -0.2) is 22.8 Å². The Labute approximate surface area is 227 Å². The number of carbonyl (C=O) groups is 2. The lowest BCUT2D eigenvalue weighted by Crippen LogP contribution is -2.08. The van der Waals surface area contributed by atoms with E-state index < -0.39 is 16.9 Å². The van der Waals surface area contributed by atoms with E-state index >= 15 is 0 Å². The predicted molar refractivity (Wildman–Crippen MR) is 142 cm³/mol. The Morgan fingerprint density at radius 3 is 2.62 bits per heavy atom. The number of hydrogen-bond acceptors (Lipinski definition) is 8. The fourth-order valence-corrected chi connectivity index (χ4v) is 5.38. The molecule has 1 aliphatic heterocycles. The maximum atomic E-state index is 13.0. The number of thiophene rings is 1. The van der Waals surface area contributed by atoms with Crippen molar-refractivity contribution >= 4 is 85.8 Å². The van der Waals surface area contributed by atoms with Gasteiger partial charge in [0.05, 0.1) is 20.5 Å². The fraction of sp³-hybridized carbons (Fsp3) is 0. The zero-order chi connectivity index (χ0) is 26.3. The molecule has 4 aromatic rings. The number of para-hydroxylation sites is 1. The number of benzene rings is 3. The van der Waals surface area contributed by atoms with Gasteiger partial charge in [0, 0.05) is 32.8 Å². The molecule has 0 fully saturated rings. The molecule has 0 spiro atoms. The van der Waals surface area contributed by atoms with Gasteiger partial charge in [0.15, 0.2) is 5.70 Å². The summed E-state index contributed by atoms with van der Waals surface area (Å²) in [5.41, 5.74) is 0.618. The minimum Gasteiger partial charge on any atom is -0.422 e. The Balaban J connectivity index is 1.45. The van der Waals surface area contributed by atoms with Gasteiger partial charge in [-0.1, -0.05) is 53.0 Å². The third-order valence-corrected chi connectivity index (χ3v) is 7.39. The summed E-state index contributed by atoms with van der Waals surface area (Å²) < 4.78 is 11.3. The van der Waals surface area contributed by atoms with Crippen molar-refractivity contribution in [3.8, 4) is 5.75 Å². The molecule has 0 unspecified atom stereocenters. The molecule has 2 heterocycles. The Morgan fingerprint density at radius 2 is 1.86 bits per heavy atom. The van der Waals surface area contributed by atoms with Crippen LogP contribution in [0, 0.1) is 10.1 Å². The molecular formula is C25H11Cl3N2O6S. The zero-order valence-electron chi connectivity index (χ0n) is 18.2. The summed E-state index contributed by atoms with van der Waals surface area (Å²) in [5.74, 6) is -1.32. The predicted octanol–water partition coefficient (Wildman–Crippen LogP) is 7.33. The third-order valence-electron chi connectivity index (χ3n) is 5.21. The number of esters is 2. The number of hydrogen-bond donors (Lipinski definition) is 0. The van der Waals surface area contributed by atoms with Gasteiger partial charge >= 0.3 is 11.9 Å². The van der Waals surface area contributed by atoms with Crippen LogP contribution in [0.4, 0.5) is 5.69 Å². The number of carbonyl (C=O) groups excluding carboxylic acids is 2. The molecule has 0 N–H and O–H groups in total. The second-order valence-electron chi connectivity index (χ2n) is 7.57. The molecule has 0 saturated carbocycles. The van der Waals surface area contributed by atoms with Crippen LogP contribution >= 0.6 is 46.1 Å². The van der Waals surface area contributed by atoms with E-state index in [1.165, 1.54) is 36.4 Å². The summed E-state index contributed by atoms with van der Waals surface area (Å²) in [6.45, 7) is 0. The van der Waals surface area contributed by atoms with Gasteiger partial charge < -0.3 is 9.47 Å². The van der Waals surface area contributed by atoms with Crippen molar-refractivity contribution in [2.24, 2.45) is 4.99 Å². The van der Waals surface area contributed by atoms with Crippen LogP contribution < -0.4 is 4.74 Å². The van der Waals surface area contributed by atoms with E-state index in [2.05, 4.69) is 4.99 Å². The number of ether oxygens (including phenoxy) is 2. The lowest BCUT2D eigenvalue weighted by atomic mass is 10.1.